The molecule has 2 fully saturated rings. The van der Waals surface area contributed by atoms with Crippen molar-refractivity contribution in [1.82, 2.24) is 9.80 Å². The third kappa shape index (κ3) is 4.57. The maximum Gasteiger partial charge on any atom is 0.418 e. The largest absolute Gasteiger partial charge is 0.418 e. The second kappa shape index (κ2) is 9.70. The van der Waals surface area contributed by atoms with Gasteiger partial charge in [0.1, 0.15) is 5.82 Å². The van der Waals surface area contributed by atoms with Crippen molar-refractivity contribution < 1.29 is 13.2 Å². The molecule has 5 aliphatic rings. The number of hydrogen-bond donors (Lipinski definition) is 0. The van der Waals surface area contributed by atoms with Crippen LogP contribution in [-0.2, 0) is 0 Å². The highest BCUT2D eigenvalue weighted by molar-refractivity contribution is 8.43. The average molecular weight is 557 g/mol. The Balaban J connectivity index is 1.32. The molecule has 4 heterocycles. The van der Waals surface area contributed by atoms with E-state index in [0.29, 0.717) is 23.9 Å². The van der Waals surface area contributed by atoms with Gasteiger partial charge in [-0.1, -0.05) is 41.8 Å². The van der Waals surface area contributed by atoms with Gasteiger partial charge in [0.15, 0.2) is 0 Å². The highest BCUT2D eigenvalue weighted by atomic mass is 32.3. The molecular weight excluding hydrogens is 521 g/mol. The van der Waals surface area contributed by atoms with E-state index in [1.807, 2.05) is 31.5 Å². The molecule has 0 spiro atoms. The molecule has 0 bridgehead atoms. The summed E-state index contributed by atoms with van der Waals surface area (Å²) in [5, 5.41) is 0. The van der Waals surface area contributed by atoms with Gasteiger partial charge in [-0.3, -0.25) is 4.90 Å². The number of likely N-dealkylation sites (tertiary alicyclic amines) is 1. The summed E-state index contributed by atoms with van der Waals surface area (Å²) in [6.45, 7) is 8.55. The zero-order valence-corrected chi connectivity index (χ0v) is 23.3. The first kappa shape index (κ1) is 26.4. The number of hydrogen-bond acceptors (Lipinski definition) is 5. The SMILES string of the molecule is C=C1N2C=C(CN3CCCCC3)C=C(C(F)(F)F)C2=CN1c1cccc(C(C2=C(C)S2(C)N=O)C2CCC2)c1. The third-order valence-electron chi connectivity index (χ3n) is 9.02. The Morgan fingerprint density at radius 2 is 1.85 bits per heavy atom. The summed E-state index contributed by atoms with van der Waals surface area (Å²) in [7, 11) is -1.69. The minimum Gasteiger partial charge on any atom is -0.301 e. The lowest BCUT2D eigenvalue weighted by molar-refractivity contribution is -0.0909. The lowest BCUT2D eigenvalue weighted by Gasteiger charge is -2.35. The maximum absolute atomic E-state index is 14.3. The highest BCUT2D eigenvalue weighted by Crippen LogP contribution is 2.80. The van der Waals surface area contributed by atoms with Crippen LogP contribution in [-0.4, -0.2) is 41.9 Å². The number of benzene rings is 1. The van der Waals surface area contributed by atoms with Gasteiger partial charge in [-0.25, -0.2) is 0 Å². The van der Waals surface area contributed by atoms with Crippen molar-refractivity contribution in [3.63, 3.8) is 0 Å². The minimum atomic E-state index is -4.48. The highest BCUT2D eigenvalue weighted by Gasteiger charge is 2.51. The molecule has 6 rings (SSSR count). The van der Waals surface area contributed by atoms with Gasteiger partial charge >= 0.3 is 6.18 Å². The van der Waals surface area contributed by atoms with Crippen molar-refractivity contribution in [2.75, 3.05) is 30.8 Å². The monoisotopic (exact) mass is 556 g/mol. The summed E-state index contributed by atoms with van der Waals surface area (Å²) in [4.78, 5) is 19.6. The number of nitrogens with zero attached hydrogens (tertiary/aromatic N) is 4. The van der Waals surface area contributed by atoms with Gasteiger partial charge in [0, 0.05) is 40.4 Å². The van der Waals surface area contributed by atoms with Gasteiger partial charge < -0.3 is 9.80 Å². The van der Waals surface area contributed by atoms with Crippen LogP contribution in [0.4, 0.5) is 18.9 Å². The van der Waals surface area contributed by atoms with Crippen LogP contribution in [0.2, 0.25) is 0 Å². The molecule has 1 aromatic rings. The smallest absolute Gasteiger partial charge is 0.301 e. The Morgan fingerprint density at radius 3 is 2.46 bits per heavy atom. The number of fused-ring (bicyclic) bond motifs is 1. The van der Waals surface area contributed by atoms with E-state index in [4.69, 9.17) is 0 Å². The van der Waals surface area contributed by atoms with Crippen molar-refractivity contribution in [3.05, 3.63) is 92.3 Å². The molecule has 39 heavy (non-hydrogen) atoms. The summed E-state index contributed by atoms with van der Waals surface area (Å²) in [6, 6.07) is 8.00. The molecule has 1 saturated carbocycles. The fourth-order valence-corrected chi connectivity index (χ4v) is 8.88. The van der Waals surface area contributed by atoms with E-state index in [-0.39, 0.29) is 11.6 Å². The topological polar surface area (TPSA) is 39.1 Å². The average Bonchev–Trinajstić information content (AvgIpc) is 3.25. The van der Waals surface area contributed by atoms with Gasteiger partial charge in [-0.15, -0.1) is 4.91 Å². The van der Waals surface area contributed by atoms with Gasteiger partial charge in [0.2, 0.25) is 0 Å². The first-order chi connectivity index (χ1) is 18.6. The molecule has 0 N–H and O–H groups in total. The van der Waals surface area contributed by atoms with Gasteiger partial charge in [0.25, 0.3) is 0 Å². The second-order valence-electron chi connectivity index (χ2n) is 11.4. The Hall–Kier alpha value is -2.78. The van der Waals surface area contributed by atoms with E-state index in [1.54, 1.807) is 16.0 Å². The van der Waals surface area contributed by atoms with Crippen LogP contribution in [0.25, 0.3) is 0 Å². The molecule has 2 atom stereocenters. The Morgan fingerprint density at radius 1 is 1.10 bits per heavy atom. The van der Waals surface area contributed by atoms with Crippen molar-refractivity contribution in [1.29, 1.82) is 0 Å². The zero-order valence-electron chi connectivity index (χ0n) is 22.5. The van der Waals surface area contributed by atoms with Crippen molar-refractivity contribution in [3.8, 4) is 0 Å². The number of piperidine rings is 1. The molecule has 1 saturated heterocycles. The molecule has 1 aliphatic carbocycles. The van der Waals surface area contributed by atoms with Crippen molar-refractivity contribution in [2.45, 2.75) is 57.5 Å². The van der Waals surface area contributed by atoms with Gasteiger partial charge in [-0.2, -0.15) is 13.2 Å². The number of rotatable bonds is 7. The van der Waals surface area contributed by atoms with E-state index >= 15 is 0 Å². The lowest BCUT2D eigenvalue weighted by atomic mass is 9.73. The Kier molecular flexibility index (Phi) is 6.57. The molecule has 1 aromatic carbocycles. The molecule has 208 valence electrons. The summed E-state index contributed by atoms with van der Waals surface area (Å²) < 4.78 is 46.3. The number of anilines is 1. The predicted octanol–water partition coefficient (Wildman–Crippen LogP) is 8.24. The van der Waals surface area contributed by atoms with Crippen molar-refractivity contribution >= 4 is 15.9 Å². The third-order valence-corrected chi connectivity index (χ3v) is 11.9. The molecule has 4 aliphatic heterocycles. The standard InChI is InChI=1S/C30H35F3N4OS/c1-20-29(39(20,3)34-38)28(23-9-7-10-23)24-11-8-12-25(16-24)36-19-27-26(30(31,32)33)15-22(18-37(27)21(36)2)17-35-13-5-4-6-14-35/h8,11-12,15-16,18-19,23,28H,2,4-7,9-10,13-14,17H2,1,3H3. The normalized spacial score (nSPS) is 28.2. The lowest BCUT2D eigenvalue weighted by Crippen LogP contribution is -2.33. The van der Waals surface area contributed by atoms with Crippen LogP contribution in [0.1, 0.15) is 56.9 Å². The van der Waals surface area contributed by atoms with E-state index in [2.05, 4.69) is 28.2 Å². The number of allylic oxidation sites excluding steroid dienone is 3. The van der Waals surface area contributed by atoms with Crippen LogP contribution in [0, 0.1) is 10.8 Å². The quantitative estimate of drug-likeness (QED) is 0.317. The molecular formula is C30H35F3N4OS. The fraction of sp³-hybridized carbons (Fsp3) is 0.467. The molecule has 0 aromatic heterocycles. The Labute approximate surface area is 229 Å². The van der Waals surface area contributed by atoms with Gasteiger partial charge in [-0.05, 0) is 91.8 Å². The molecule has 5 nitrogen and oxygen atoms in total. The second-order valence-corrected chi connectivity index (χ2v) is 14.4. The molecule has 0 radical (unpaired) electrons. The minimum absolute atomic E-state index is 0.0961. The summed E-state index contributed by atoms with van der Waals surface area (Å²) in [5.74, 6) is 1.07. The molecule has 9 heteroatoms. The van der Waals surface area contributed by atoms with Gasteiger partial charge in [0.05, 0.1) is 11.3 Å². The summed E-state index contributed by atoms with van der Waals surface area (Å²) >= 11 is 0. The first-order valence-corrected chi connectivity index (χ1v) is 15.8. The number of nitroso groups, excluding NO2 is 1. The molecule has 0 amide bonds. The van der Waals surface area contributed by atoms with E-state index in [9.17, 15) is 18.1 Å². The maximum atomic E-state index is 14.3. The Bertz CT molecular complexity index is 1340. The summed E-state index contributed by atoms with van der Waals surface area (Å²) in [6.07, 6.45) is 8.87. The fourth-order valence-electron chi connectivity index (χ4n) is 6.51. The van der Waals surface area contributed by atoms with Crippen LogP contribution >= 0.6 is 10.2 Å². The van der Waals surface area contributed by atoms with E-state index < -0.39 is 22.0 Å². The number of halogens is 3. The zero-order chi connectivity index (χ0) is 27.5. The van der Waals surface area contributed by atoms with E-state index in [0.717, 1.165) is 54.9 Å². The number of alkyl halides is 3. The first-order valence-electron chi connectivity index (χ1n) is 13.8. The van der Waals surface area contributed by atoms with Crippen LogP contribution in [0.3, 0.4) is 0 Å². The predicted molar refractivity (Wildman–Crippen MR) is 153 cm³/mol. The van der Waals surface area contributed by atoms with Crippen LogP contribution < -0.4 is 4.90 Å². The van der Waals surface area contributed by atoms with Crippen molar-refractivity contribution in [2.24, 2.45) is 10.5 Å². The van der Waals surface area contributed by atoms with Crippen LogP contribution in [0.5, 0.6) is 0 Å². The summed E-state index contributed by atoms with van der Waals surface area (Å²) in [5.41, 5.74) is 1.96. The van der Waals surface area contributed by atoms with E-state index in [1.165, 1.54) is 23.8 Å². The van der Waals surface area contributed by atoms with Crippen LogP contribution in [0.15, 0.2) is 86.4 Å². The molecule has 2 unspecified atom stereocenters.